The van der Waals surface area contributed by atoms with Crippen LogP contribution in [0.3, 0.4) is 0 Å². The van der Waals surface area contributed by atoms with E-state index >= 15 is 0 Å². The van der Waals surface area contributed by atoms with Crippen molar-refractivity contribution in [1.82, 2.24) is 10.3 Å². The van der Waals surface area contributed by atoms with E-state index in [4.69, 9.17) is 0 Å². The maximum Gasteiger partial charge on any atom is 0.269 e. The van der Waals surface area contributed by atoms with Gasteiger partial charge in [0.15, 0.2) is 0 Å². The molecular weight excluding hydrogens is 290 g/mol. The van der Waals surface area contributed by atoms with Gasteiger partial charge in [0.2, 0.25) is 0 Å². The number of hydrogen-bond acceptors (Lipinski definition) is 5. The molecule has 1 atom stereocenters. The monoisotopic (exact) mass is 311 g/mol. The number of rotatable bonds is 6. The summed E-state index contributed by atoms with van der Waals surface area (Å²) in [5, 5.41) is 6.75. The van der Waals surface area contributed by atoms with E-state index in [-0.39, 0.29) is 5.91 Å². The quantitative estimate of drug-likeness (QED) is 0.845. The van der Waals surface area contributed by atoms with Crippen LogP contribution >= 0.6 is 23.5 Å². The van der Waals surface area contributed by atoms with Crippen molar-refractivity contribution in [1.29, 1.82) is 0 Å². The average Bonchev–Trinajstić information content (AvgIpc) is 2.52. The number of carbonyl (C=O) groups excluding carboxylic acids is 1. The molecule has 0 spiro atoms. The third kappa shape index (κ3) is 4.90. The van der Waals surface area contributed by atoms with Gasteiger partial charge in [0.25, 0.3) is 5.91 Å². The van der Waals surface area contributed by atoms with Crippen LogP contribution in [-0.4, -0.2) is 46.5 Å². The maximum atomic E-state index is 12.0. The molecule has 0 saturated carbocycles. The fraction of sp³-hybridized carbons (Fsp3) is 0.571. The van der Waals surface area contributed by atoms with E-state index in [0.717, 1.165) is 31.0 Å². The molecule has 1 saturated heterocycles. The lowest BCUT2D eigenvalue weighted by atomic mass is 10.3. The second-order valence-electron chi connectivity index (χ2n) is 4.64. The Morgan fingerprint density at radius 1 is 1.45 bits per heavy atom. The van der Waals surface area contributed by atoms with Crippen molar-refractivity contribution in [2.24, 2.45) is 0 Å². The van der Waals surface area contributed by atoms with Gasteiger partial charge >= 0.3 is 0 Å². The number of thioether (sulfide) groups is 2. The first-order valence-corrected chi connectivity index (χ1v) is 9.17. The minimum atomic E-state index is -0.0804. The zero-order valence-electron chi connectivity index (χ0n) is 11.7. The highest BCUT2D eigenvalue weighted by molar-refractivity contribution is 8.06. The summed E-state index contributed by atoms with van der Waals surface area (Å²) < 4.78 is 0. The topological polar surface area (TPSA) is 54.0 Å². The molecule has 1 aromatic heterocycles. The van der Waals surface area contributed by atoms with Gasteiger partial charge in [0, 0.05) is 35.6 Å². The van der Waals surface area contributed by atoms with Crippen molar-refractivity contribution >= 4 is 35.1 Å². The summed E-state index contributed by atoms with van der Waals surface area (Å²) >= 11 is 3.91. The summed E-state index contributed by atoms with van der Waals surface area (Å²) in [6.07, 6.45) is 2.79. The molecule has 1 unspecified atom stereocenters. The molecule has 1 amide bonds. The average molecular weight is 311 g/mol. The highest BCUT2D eigenvalue weighted by atomic mass is 32.2. The minimum absolute atomic E-state index is 0.0804. The Hall–Kier alpha value is -0.880. The lowest BCUT2D eigenvalue weighted by Crippen LogP contribution is -2.33. The lowest BCUT2D eigenvalue weighted by molar-refractivity contribution is 0.0949. The van der Waals surface area contributed by atoms with Crippen LogP contribution in [0.2, 0.25) is 0 Å². The summed E-state index contributed by atoms with van der Waals surface area (Å²) in [6.45, 7) is 3.77. The minimum Gasteiger partial charge on any atom is -0.384 e. The predicted octanol–water partition coefficient (Wildman–Crippen LogP) is 2.48. The molecule has 2 N–H and O–H groups in total. The summed E-state index contributed by atoms with van der Waals surface area (Å²) in [6, 6.07) is 3.68. The van der Waals surface area contributed by atoms with Crippen LogP contribution in [0.1, 0.15) is 23.8 Å². The Bertz CT molecular complexity index is 419. The Labute approximate surface area is 128 Å². The molecule has 2 rings (SSSR count). The predicted molar refractivity (Wildman–Crippen MR) is 88.9 cm³/mol. The Morgan fingerprint density at radius 3 is 3.00 bits per heavy atom. The van der Waals surface area contributed by atoms with Crippen molar-refractivity contribution in [3.05, 3.63) is 24.0 Å². The van der Waals surface area contributed by atoms with Crippen LogP contribution in [-0.2, 0) is 0 Å². The zero-order valence-corrected chi connectivity index (χ0v) is 13.4. The molecule has 0 bridgehead atoms. The van der Waals surface area contributed by atoms with Crippen LogP contribution in [0, 0.1) is 0 Å². The largest absolute Gasteiger partial charge is 0.384 e. The van der Waals surface area contributed by atoms with Crippen LogP contribution in [0.4, 0.5) is 5.69 Å². The van der Waals surface area contributed by atoms with E-state index < -0.39 is 0 Å². The number of nitrogens with zero attached hydrogens (tertiary/aromatic N) is 1. The van der Waals surface area contributed by atoms with Crippen molar-refractivity contribution in [2.45, 2.75) is 18.6 Å². The second-order valence-corrected chi connectivity index (χ2v) is 7.19. The van der Waals surface area contributed by atoms with E-state index in [1.807, 2.05) is 29.6 Å². The normalized spacial score (nSPS) is 18.6. The molecular formula is C14H21N3OS2. The number of amides is 1. The van der Waals surface area contributed by atoms with Gasteiger partial charge in [0.05, 0.1) is 11.9 Å². The van der Waals surface area contributed by atoms with Crippen LogP contribution in [0.5, 0.6) is 0 Å². The molecule has 6 heteroatoms. The first-order valence-electron chi connectivity index (χ1n) is 6.97. The summed E-state index contributed by atoms with van der Waals surface area (Å²) in [4.78, 5) is 16.2. The molecule has 20 heavy (non-hydrogen) atoms. The van der Waals surface area contributed by atoms with E-state index in [1.165, 1.54) is 11.5 Å². The summed E-state index contributed by atoms with van der Waals surface area (Å²) in [7, 11) is 0. The molecule has 2 heterocycles. The van der Waals surface area contributed by atoms with Crippen molar-refractivity contribution in [3.8, 4) is 0 Å². The van der Waals surface area contributed by atoms with Crippen LogP contribution < -0.4 is 10.6 Å². The standard InChI is InChI=1S/C14H21N3OS2/c1-2-5-15-11-3-4-13(16-8-11)14(18)17-9-12-10-19-6-7-20-12/h3-4,8,12,15H,2,5-7,9-10H2,1H3,(H,17,18). The van der Waals surface area contributed by atoms with Gasteiger partial charge in [-0.3, -0.25) is 4.79 Å². The smallest absolute Gasteiger partial charge is 0.269 e. The Morgan fingerprint density at radius 2 is 2.35 bits per heavy atom. The number of hydrogen-bond donors (Lipinski definition) is 2. The van der Waals surface area contributed by atoms with Crippen LogP contribution in [0.25, 0.3) is 0 Å². The van der Waals surface area contributed by atoms with E-state index in [1.54, 1.807) is 12.3 Å². The molecule has 1 aromatic rings. The molecule has 1 aliphatic rings. The third-order valence-electron chi connectivity index (χ3n) is 2.95. The third-order valence-corrected chi connectivity index (χ3v) is 5.80. The SMILES string of the molecule is CCCNc1ccc(C(=O)NCC2CSCCS2)nc1. The molecule has 0 aromatic carbocycles. The molecule has 0 radical (unpaired) electrons. The molecule has 110 valence electrons. The molecule has 0 aliphatic carbocycles. The van der Waals surface area contributed by atoms with Crippen LogP contribution in [0.15, 0.2) is 18.3 Å². The number of carbonyl (C=O) groups is 1. The zero-order chi connectivity index (χ0) is 14.2. The van der Waals surface area contributed by atoms with Crippen molar-refractivity contribution < 1.29 is 4.79 Å². The van der Waals surface area contributed by atoms with Gasteiger partial charge in [-0.2, -0.15) is 23.5 Å². The van der Waals surface area contributed by atoms with E-state index in [2.05, 4.69) is 22.5 Å². The molecule has 1 fully saturated rings. The highest BCUT2D eigenvalue weighted by Gasteiger charge is 2.16. The first kappa shape index (κ1) is 15.5. The van der Waals surface area contributed by atoms with Gasteiger partial charge in [-0.15, -0.1) is 0 Å². The Kier molecular flexibility index (Phi) is 6.53. The van der Waals surface area contributed by atoms with Gasteiger partial charge in [-0.1, -0.05) is 6.92 Å². The van der Waals surface area contributed by atoms with Crippen molar-refractivity contribution in [3.63, 3.8) is 0 Å². The number of nitrogens with one attached hydrogen (secondary N) is 2. The number of aromatic nitrogens is 1. The van der Waals surface area contributed by atoms with Gasteiger partial charge in [-0.05, 0) is 18.6 Å². The summed E-state index contributed by atoms with van der Waals surface area (Å²) in [5.41, 5.74) is 1.45. The fourth-order valence-corrected chi connectivity index (χ4v) is 4.47. The number of anilines is 1. The van der Waals surface area contributed by atoms with Gasteiger partial charge < -0.3 is 10.6 Å². The van der Waals surface area contributed by atoms with Crippen molar-refractivity contribution in [2.75, 3.05) is 35.7 Å². The fourth-order valence-electron chi connectivity index (χ4n) is 1.85. The van der Waals surface area contributed by atoms with Gasteiger partial charge in [-0.25, -0.2) is 4.98 Å². The molecule has 4 nitrogen and oxygen atoms in total. The lowest BCUT2D eigenvalue weighted by Gasteiger charge is -2.20. The first-order chi connectivity index (χ1) is 9.79. The van der Waals surface area contributed by atoms with E-state index in [0.29, 0.717) is 10.9 Å². The Balaban J connectivity index is 1.79. The maximum absolute atomic E-state index is 12.0. The second kappa shape index (κ2) is 8.42. The summed E-state index contributed by atoms with van der Waals surface area (Å²) in [5.74, 6) is 3.45. The van der Waals surface area contributed by atoms with E-state index in [9.17, 15) is 4.79 Å². The van der Waals surface area contributed by atoms with Gasteiger partial charge in [0.1, 0.15) is 5.69 Å². The number of pyridine rings is 1. The highest BCUT2D eigenvalue weighted by Crippen LogP contribution is 2.23. The molecule has 1 aliphatic heterocycles.